The predicted octanol–water partition coefficient (Wildman–Crippen LogP) is 2.78. The molecule has 29 heavy (non-hydrogen) atoms. The predicted molar refractivity (Wildman–Crippen MR) is 112 cm³/mol. The number of para-hydroxylation sites is 1. The molecule has 0 spiro atoms. The molecule has 0 unspecified atom stereocenters. The van der Waals surface area contributed by atoms with Gasteiger partial charge >= 0.3 is 0 Å². The fourth-order valence-corrected chi connectivity index (χ4v) is 4.76. The molecule has 2 aliphatic heterocycles. The van der Waals surface area contributed by atoms with Gasteiger partial charge in [-0.15, -0.1) is 10.2 Å². The number of benzene rings is 1. The molecule has 2 aromatic heterocycles. The summed E-state index contributed by atoms with van der Waals surface area (Å²) < 4.78 is 2.22. The van der Waals surface area contributed by atoms with E-state index in [2.05, 4.69) is 57.1 Å². The van der Waals surface area contributed by atoms with Gasteiger partial charge in [0.2, 0.25) is 5.91 Å². The van der Waals surface area contributed by atoms with E-state index >= 15 is 0 Å². The minimum Gasteiger partial charge on any atom is -0.358 e. The summed E-state index contributed by atoms with van der Waals surface area (Å²) in [7, 11) is 0. The van der Waals surface area contributed by atoms with E-state index < -0.39 is 0 Å². The molecule has 1 saturated heterocycles. The second kappa shape index (κ2) is 7.30. The Bertz CT molecular complexity index is 1060. The van der Waals surface area contributed by atoms with Crippen molar-refractivity contribution in [3.63, 3.8) is 0 Å². The molecule has 2 N–H and O–H groups in total. The van der Waals surface area contributed by atoms with Crippen LogP contribution in [0.25, 0.3) is 10.9 Å². The van der Waals surface area contributed by atoms with Gasteiger partial charge in [-0.1, -0.05) is 24.6 Å². The van der Waals surface area contributed by atoms with Crippen molar-refractivity contribution in [2.24, 2.45) is 0 Å². The summed E-state index contributed by atoms with van der Waals surface area (Å²) in [5.41, 5.74) is 4.52. The van der Waals surface area contributed by atoms with E-state index in [0.717, 1.165) is 53.3 Å². The van der Waals surface area contributed by atoms with Gasteiger partial charge in [-0.2, -0.15) is 0 Å². The number of carbonyl (C=O) groups is 1. The Hall–Kier alpha value is -2.67. The van der Waals surface area contributed by atoms with Gasteiger partial charge in [0.1, 0.15) is 5.82 Å². The third kappa shape index (κ3) is 3.23. The van der Waals surface area contributed by atoms with Crippen molar-refractivity contribution in [2.75, 3.05) is 13.1 Å². The van der Waals surface area contributed by atoms with Crippen molar-refractivity contribution in [3.05, 3.63) is 46.7 Å². The third-order valence-corrected chi connectivity index (χ3v) is 6.45. The lowest BCUT2D eigenvalue weighted by Crippen LogP contribution is -2.40. The number of aromatic nitrogens is 4. The number of piperidine rings is 1. The van der Waals surface area contributed by atoms with E-state index in [1.54, 1.807) is 0 Å². The van der Waals surface area contributed by atoms with Crippen LogP contribution >= 0.6 is 0 Å². The number of amides is 1. The zero-order valence-electron chi connectivity index (χ0n) is 17.2. The minimum atomic E-state index is 0.155. The molecular weight excluding hydrogens is 364 g/mol. The maximum absolute atomic E-state index is 13.1. The zero-order chi connectivity index (χ0) is 20.0. The maximum Gasteiger partial charge on any atom is 0.227 e. The molecule has 0 radical (unpaired) electrons. The number of hydrogen-bond donors (Lipinski definition) is 2. The molecule has 0 aliphatic carbocycles. The van der Waals surface area contributed by atoms with Gasteiger partial charge in [-0.25, -0.2) is 0 Å². The van der Waals surface area contributed by atoms with Gasteiger partial charge in [-0.05, 0) is 44.4 Å². The molecule has 152 valence electrons. The number of aryl methyl sites for hydroxylation is 2. The highest BCUT2D eigenvalue weighted by molar-refractivity contribution is 5.91. The van der Waals surface area contributed by atoms with E-state index in [0.29, 0.717) is 25.6 Å². The van der Waals surface area contributed by atoms with Crippen LogP contribution < -0.4 is 5.32 Å². The number of nitrogens with zero attached hydrogens (tertiary/aromatic N) is 4. The van der Waals surface area contributed by atoms with E-state index in [4.69, 9.17) is 0 Å². The fourth-order valence-electron chi connectivity index (χ4n) is 4.76. The van der Waals surface area contributed by atoms with Crippen LogP contribution in [0, 0.1) is 13.8 Å². The molecule has 3 aromatic rings. The van der Waals surface area contributed by atoms with Gasteiger partial charge in [-0.3, -0.25) is 4.79 Å². The molecule has 1 aromatic carbocycles. The van der Waals surface area contributed by atoms with Crippen LogP contribution in [0.5, 0.6) is 0 Å². The number of rotatable bonds is 3. The Morgan fingerprint density at radius 3 is 2.93 bits per heavy atom. The molecule has 0 saturated carbocycles. The molecule has 1 fully saturated rings. The lowest BCUT2D eigenvalue weighted by Gasteiger charge is -2.30. The fraction of sp³-hybridized carbons (Fsp3) is 0.500. The van der Waals surface area contributed by atoms with E-state index in [1.165, 1.54) is 18.4 Å². The Kier molecular flexibility index (Phi) is 4.62. The van der Waals surface area contributed by atoms with Crippen molar-refractivity contribution in [2.45, 2.75) is 58.7 Å². The smallest absolute Gasteiger partial charge is 0.227 e. The first-order valence-electron chi connectivity index (χ1n) is 10.6. The summed E-state index contributed by atoms with van der Waals surface area (Å²) >= 11 is 0. The van der Waals surface area contributed by atoms with Crippen molar-refractivity contribution in [3.8, 4) is 0 Å². The highest BCUT2D eigenvalue weighted by Gasteiger charge is 2.28. The van der Waals surface area contributed by atoms with Gasteiger partial charge < -0.3 is 19.8 Å². The van der Waals surface area contributed by atoms with Gasteiger partial charge in [0, 0.05) is 29.7 Å². The summed E-state index contributed by atoms with van der Waals surface area (Å²) in [4.78, 5) is 18.5. The highest BCUT2D eigenvalue weighted by Crippen LogP contribution is 2.27. The Labute approximate surface area is 170 Å². The lowest BCUT2D eigenvalue weighted by molar-refractivity contribution is -0.132. The number of aromatic amines is 1. The van der Waals surface area contributed by atoms with Crippen molar-refractivity contribution >= 4 is 16.8 Å². The van der Waals surface area contributed by atoms with E-state index in [1.807, 2.05) is 4.90 Å². The van der Waals surface area contributed by atoms with Crippen LogP contribution in [-0.4, -0.2) is 43.6 Å². The SMILES string of the molecule is Cc1[nH]c2c(C)cccc2c1CC(=O)N1CCn2c(nnc2[C@H]2CCCCN2)C1. The van der Waals surface area contributed by atoms with Crippen LogP contribution in [0.4, 0.5) is 0 Å². The quantitative estimate of drug-likeness (QED) is 0.718. The molecule has 7 heteroatoms. The second-order valence-electron chi connectivity index (χ2n) is 8.35. The van der Waals surface area contributed by atoms with Crippen LogP contribution in [-0.2, 0) is 24.3 Å². The molecular formula is C22H28N6O. The molecule has 0 bridgehead atoms. The molecule has 7 nitrogen and oxygen atoms in total. The topological polar surface area (TPSA) is 78.8 Å². The van der Waals surface area contributed by atoms with E-state index in [9.17, 15) is 4.79 Å². The van der Waals surface area contributed by atoms with Crippen molar-refractivity contribution in [1.29, 1.82) is 0 Å². The Morgan fingerprint density at radius 2 is 2.10 bits per heavy atom. The Balaban J connectivity index is 1.34. The zero-order valence-corrected chi connectivity index (χ0v) is 17.2. The number of hydrogen-bond acceptors (Lipinski definition) is 4. The van der Waals surface area contributed by atoms with Crippen molar-refractivity contribution in [1.82, 2.24) is 30.0 Å². The van der Waals surface area contributed by atoms with Crippen LogP contribution in [0.3, 0.4) is 0 Å². The van der Waals surface area contributed by atoms with Crippen LogP contribution in [0.2, 0.25) is 0 Å². The molecule has 1 atom stereocenters. The third-order valence-electron chi connectivity index (χ3n) is 6.45. The Morgan fingerprint density at radius 1 is 1.21 bits per heavy atom. The van der Waals surface area contributed by atoms with E-state index in [-0.39, 0.29) is 5.91 Å². The first-order chi connectivity index (χ1) is 14.1. The van der Waals surface area contributed by atoms with Crippen LogP contribution in [0.15, 0.2) is 18.2 Å². The number of nitrogens with one attached hydrogen (secondary N) is 2. The average Bonchev–Trinajstić information content (AvgIpc) is 3.30. The van der Waals surface area contributed by atoms with Crippen molar-refractivity contribution < 1.29 is 4.79 Å². The molecule has 5 rings (SSSR count). The maximum atomic E-state index is 13.1. The van der Waals surface area contributed by atoms with Gasteiger partial charge in [0.15, 0.2) is 5.82 Å². The monoisotopic (exact) mass is 392 g/mol. The molecule has 4 heterocycles. The number of H-pyrrole nitrogens is 1. The summed E-state index contributed by atoms with van der Waals surface area (Å²) in [5, 5.41) is 13.6. The first kappa shape index (κ1) is 18.4. The highest BCUT2D eigenvalue weighted by atomic mass is 16.2. The summed E-state index contributed by atoms with van der Waals surface area (Å²) in [6, 6.07) is 6.55. The number of fused-ring (bicyclic) bond motifs is 2. The van der Waals surface area contributed by atoms with Gasteiger partial charge in [0.25, 0.3) is 0 Å². The molecule has 2 aliphatic rings. The number of carbonyl (C=O) groups excluding carboxylic acids is 1. The standard InChI is InChI=1S/C22H28N6O/c1-14-6-5-7-16-17(15(2)24-21(14)16)12-20(29)27-10-11-28-19(13-27)25-26-22(28)18-8-3-4-9-23-18/h5-7,18,23-24H,3-4,8-13H2,1-2H3/t18-/m1/s1. The first-order valence-corrected chi connectivity index (χ1v) is 10.6. The summed E-state index contributed by atoms with van der Waals surface area (Å²) in [6.07, 6.45) is 3.99. The minimum absolute atomic E-state index is 0.155. The second-order valence-corrected chi connectivity index (χ2v) is 8.35. The largest absolute Gasteiger partial charge is 0.358 e. The summed E-state index contributed by atoms with van der Waals surface area (Å²) in [5.74, 6) is 2.09. The normalized spacial score (nSPS) is 19.5. The molecule has 1 amide bonds. The van der Waals surface area contributed by atoms with Gasteiger partial charge in [0.05, 0.1) is 19.0 Å². The summed E-state index contributed by atoms with van der Waals surface area (Å²) in [6.45, 7) is 7.22. The average molecular weight is 393 g/mol. The lowest BCUT2D eigenvalue weighted by atomic mass is 10.0. The van der Waals surface area contributed by atoms with Crippen LogP contribution in [0.1, 0.15) is 53.8 Å².